The van der Waals surface area contributed by atoms with Crippen molar-refractivity contribution in [1.82, 2.24) is 15.2 Å². The van der Waals surface area contributed by atoms with Crippen LogP contribution in [0.25, 0.3) is 0 Å². The number of carbonyl (C=O) groups is 1. The van der Waals surface area contributed by atoms with E-state index in [9.17, 15) is 4.79 Å². The number of likely N-dealkylation sites (N-methyl/N-ethyl adjacent to an activating group) is 1. The largest absolute Gasteiger partial charge is 0.497 e. The lowest BCUT2D eigenvalue weighted by Gasteiger charge is -2.30. The highest BCUT2D eigenvalue weighted by atomic mass is 32.1. The summed E-state index contributed by atoms with van der Waals surface area (Å²) in [5, 5.41) is 4.75. The molecule has 0 spiro atoms. The average Bonchev–Trinajstić information content (AvgIpc) is 3.13. The van der Waals surface area contributed by atoms with Crippen LogP contribution in [0.2, 0.25) is 0 Å². The molecule has 0 aliphatic carbocycles. The second-order valence-corrected chi connectivity index (χ2v) is 5.82. The summed E-state index contributed by atoms with van der Waals surface area (Å²) < 4.78 is 5.32. The van der Waals surface area contributed by atoms with Crippen molar-refractivity contribution in [2.75, 3.05) is 26.7 Å². The fourth-order valence-electron chi connectivity index (χ4n) is 2.58. The van der Waals surface area contributed by atoms with E-state index in [1.165, 1.54) is 11.3 Å². The summed E-state index contributed by atoms with van der Waals surface area (Å²) in [5.74, 6) is 0.691. The van der Waals surface area contributed by atoms with Crippen molar-refractivity contribution in [2.24, 2.45) is 0 Å². The third-order valence-corrected chi connectivity index (χ3v) is 4.44. The molecule has 6 heteroatoms. The van der Waals surface area contributed by atoms with Gasteiger partial charge in [-0.2, -0.15) is 0 Å². The van der Waals surface area contributed by atoms with Gasteiger partial charge < -0.3 is 10.1 Å². The van der Waals surface area contributed by atoms with Crippen molar-refractivity contribution in [2.45, 2.75) is 19.9 Å². The molecule has 0 aliphatic rings. The van der Waals surface area contributed by atoms with Gasteiger partial charge in [0.05, 0.1) is 18.7 Å². The van der Waals surface area contributed by atoms with Gasteiger partial charge in [0, 0.05) is 11.9 Å². The van der Waals surface area contributed by atoms with Crippen molar-refractivity contribution in [3.63, 3.8) is 0 Å². The Morgan fingerprint density at radius 1 is 1.39 bits per heavy atom. The Morgan fingerprint density at radius 2 is 2.17 bits per heavy atom. The van der Waals surface area contributed by atoms with Crippen LogP contribution in [-0.2, 0) is 0 Å². The zero-order valence-corrected chi connectivity index (χ0v) is 14.6. The van der Waals surface area contributed by atoms with E-state index >= 15 is 0 Å². The number of aromatic nitrogens is 1. The molecule has 0 saturated carbocycles. The number of rotatable bonds is 8. The van der Waals surface area contributed by atoms with E-state index in [0.29, 0.717) is 12.2 Å². The second-order valence-electron chi connectivity index (χ2n) is 5.10. The normalized spacial score (nSPS) is 12.2. The van der Waals surface area contributed by atoms with E-state index in [4.69, 9.17) is 4.74 Å². The van der Waals surface area contributed by atoms with Gasteiger partial charge in [-0.15, -0.1) is 11.3 Å². The first-order valence-electron chi connectivity index (χ1n) is 7.74. The molecule has 0 fully saturated rings. The lowest BCUT2D eigenvalue weighted by atomic mass is 10.0. The Kier molecular flexibility index (Phi) is 6.55. The molecular formula is C17H23N3O2S. The molecule has 0 saturated heterocycles. The third kappa shape index (κ3) is 4.53. The standard InChI is InChI=1S/C17H23N3O2S/c1-4-20(5-2)16(13-7-6-8-14(9-13)22-3)10-18-17(21)15-11-23-12-19-15/h6-9,11-12,16H,4-5,10H2,1-3H3,(H,18,21). The van der Waals surface area contributed by atoms with Crippen LogP contribution in [0.5, 0.6) is 5.75 Å². The quantitative estimate of drug-likeness (QED) is 0.807. The molecule has 1 atom stereocenters. The lowest BCUT2D eigenvalue weighted by Crippen LogP contribution is -2.38. The number of ether oxygens (including phenoxy) is 1. The molecule has 124 valence electrons. The number of nitrogens with zero attached hydrogens (tertiary/aromatic N) is 2. The molecule has 1 aromatic heterocycles. The lowest BCUT2D eigenvalue weighted by molar-refractivity contribution is 0.0930. The fourth-order valence-corrected chi connectivity index (χ4v) is 3.11. The summed E-state index contributed by atoms with van der Waals surface area (Å²) in [5.41, 5.74) is 3.27. The van der Waals surface area contributed by atoms with E-state index in [2.05, 4.69) is 35.1 Å². The van der Waals surface area contributed by atoms with Crippen LogP contribution in [0, 0.1) is 0 Å². The third-order valence-electron chi connectivity index (χ3n) is 3.85. The Morgan fingerprint density at radius 3 is 2.78 bits per heavy atom. The molecule has 1 N–H and O–H groups in total. The molecule has 2 aromatic rings. The second kappa shape index (κ2) is 8.64. The van der Waals surface area contributed by atoms with Gasteiger partial charge in [0.1, 0.15) is 11.4 Å². The van der Waals surface area contributed by atoms with Crippen LogP contribution in [0.4, 0.5) is 0 Å². The van der Waals surface area contributed by atoms with Crippen LogP contribution in [-0.4, -0.2) is 42.5 Å². The van der Waals surface area contributed by atoms with Crippen molar-refractivity contribution in [3.05, 3.63) is 46.4 Å². The minimum absolute atomic E-state index is 0.0997. The van der Waals surface area contributed by atoms with Crippen molar-refractivity contribution in [3.8, 4) is 5.75 Å². The van der Waals surface area contributed by atoms with E-state index < -0.39 is 0 Å². The molecule has 0 radical (unpaired) electrons. The average molecular weight is 333 g/mol. The number of hydrogen-bond acceptors (Lipinski definition) is 5. The number of hydrogen-bond donors (Lipinski definition) is 1. The predicted octanol–water partition coefficient (Wildman–Crippen LogP) is 2.96. The van der Waals surface area contributed by atoms with Crippen molar-refractivity contribution >= 4 is 17.2 Å². The Bertz CT molecular complexity index is 612. The zero-order valence-electron chi connectivity index (χ0n) is 13.8. The van der Waals surface area contributed by atoms with Crippen LogP contribution < -0.4 is 10.1 Å². The Hall–Kier alpha value is -1.92. The van der Waals surface area contributed by atoms with Gasteiger partial charge in [0.2, 0.25) is 0 Å². The number of thiazole rings is 1. The highest BCUT2D eigenvalue weighted by Gasteiger charge is 2.20. The summed E-state index contributed by atoms with van der Waals surface area (Å²) in [4.78, 5) is 18.5. The molecule has 2 rings (SSSR count). The number of nitrogens with one attached hydrogen (secondary N) is 1. The summed E-state index contributed by atoms with van der Waals surface area (Å²) in [7, 11) is 1.66. The molecule has 5 nitrogen and oxygen atoms in total. The molecule has 1 amide bonds. The number of benzene rings is 1. The fraction of sp³-hybridized carbons (Fsp3) is 0.412. The number of methoxy groups -OCH3 is 1. The van der Waals surface area contributed by atoms with E-state index in [0.717, 1.165) is 24.4 Å². The first-order chi connectivity index (χ1) is 11.2. The van der Waals surface area contributed by atoms with Gasteiger partial charge in [-0.25, -0.2) is 4.98 Å². The zero-order chi connectivity index (χ0) is 16.7. The number of amides is 1. The van der Waals surface area contributed by atoms with Gasteiger partial charge in [-0.05, 0) is 30.8 Å². The maximum Gasteiger partial charge on any atom is 0.270 e. The topological polar surface area (TPSA) is 54.5 Å². The van der Waals surface area contributed by atoms with Gasteiger partial charge in [-0.1, -0.05) is 26.0 Å². The Balaban J connectivity index is 2.15. The first kappa shape index (κ1) is 17.4. The van der Waals surface area contributed by atoms with Crippen LogP contribution >= 0.6 is 11.3 Å². The molecule has 1 unspecified atom stereocenters. The van der Waals surface area contributed by atoms with Crippen molar-refractivity contribution in [1.29, 1.82) is 0 Å². The van der Waals surface area contributed by atoms with Gasteiger partial charge in [-0.3, -0.25) is 9.69 Å². The summed E-state index contributed by atoms with van der Waals surface area (Å²) in [6.07, 6.45) is 0. The minimum Gasteiger partial charge on any atom is -0.497 e. The molecule has 23 heavy (non-hydrogen) atoms. The highest BCUT2D eigenvalue weighted by Crippen LogP contribution is 2.23. The Labute approximate surface area is 141 Å². The van der Waals surface area contributed by atoms with Crippen LogP contribution in [0.1, 0.15) is 35.9 Å². The minimum atomic E-state index is -0.133. The summed E-state index contributed by atoms with van der Waals surface area (Å²) in [6, 6.07) is 8.10. The predicted molar refractivity (Wildman–Crippen MR) is 93.1 cm³/mol. The van der Waals surface area contributed by atoms with Crippen LogP contribution in [0.3, 0.4) is 0 Å². The molecular weight excluding hydrogens is 310 g/mol. The summed E-state index contributed by atoms with van der Waals surface area (Å²) >= 11 is 1.42. The monoisotopic (exact) mass is 333 g/mol. The number of carbonyl (C=O) groups excluding carboxylic acids is 1. The van der Waals surface area contributed by atoms with E-state index in [1.807, 2.05) is 18.2 Å². The van der Waals surface area contributed by atoms with Crippen LogP contribution in [0.15, 0.2) is 35.2 Å². The molecule has 0 aliphatic heterocycles. The van der Waals surface area contributed by atoms with E-state index in [-0.39, 0.29) is 11.9 Å². The molecule has 1 heterocycles. The molecule has 1 aromatic carbocycles. The van der Waals surface area contributed by atoms with Gasteiger partial charge >= 0.3 is 0 Å². The smallest absolute Gasteiger partial charge is 0.270 e. The van der Waals surface area contributed by atoms with Gasteiger partial charge in [0.25, 0.3) is 5.91 Å². The SMILES string of the molecule is CCN(CC)C(CNC(=O)c1cscn1)c1cccc(OC)c1. The van der Waals surface area contributed by atoms with E-state index in [1.54, 1.807) is 18.0 Å². The summed E-state index contributed by atoms with van der Waals surface area (Å²) in [6.45, 7) is 6.60. The first-order valence-corrected chi connectivity index (χ1v) is 8.68. The maximum absolute atomic E-state index is 12.2. The highest BCUT2D eigenvalue weighted by molar-refractivity contribution is 7.07. The maximum atomic E-state index is 12.2. The van der Waals surface area contributed by atoms with Gasteiger partial charge in [0.15, 0.2) is 0 Å². The van der Waals surface area contributed by atoms with Crippen molar-refractivity contribution < 1.29 is 9.53 Å². The molecule has 0 bridgehead atoms.